The molecule has 0 amide bonds. The Labute approximate surface area is 80.2 Å². The molecule has 0 aromatic heterocycles. The molecule has 1 aromatic rings. The zero-order valence-corrected chi connectivity index (χ0v) is 8.81. The van der Waals surface area contributed by atoms with Crippen LogP contribution in [-0.4, -0.2) is 8.42 Å². The minimum absolute atomic E-state index is 0.293. The van der Waals surface area contributed by atoms with Crippen molar-refractivity contribution < 1.29 is 8.42 Å². The molecule has 1 N–H and O–H groups in total. The van der Waals surface area contributed by atoms with E-state index in [0.29, 0.717) is 4.90 Å². The fraction of sp³-hybridized carbons (Fsp3) is 0.143. The average Bonchev–Trinajstić information content (AvgIpc) is 2.05. The lowest BCUT2D eigenvalue weighted by Gasteiger charge is -2.03. The van der Waals surface area contributed by atoms with E-state index in [0.717, 1.165) is 5.56 Å². The fourth-order valence-corrected chi connectivity index (χ4v) is 2.26. The van der Waals surface area contributed by atoms with E-state index in [1.807, 2.05) is 0 Å². The predicted octanol–water partition coefficient (Wildman–Crippen LogP) is 1.58. The molecule has 0 saturated heterocycles. The maximum absolute atomic E-state index is 11.3. The molecule has 12 heavy (non-hydrogen) atoms. The minimum Gasteiger partial charge on any atom is -0.206 e. The van der Waals surface area contributed by atoms with Gasteiger partial charge in [-0.25, -0.2) is 8.42 Å². The molecule has 1 aromatic carbocycles. The molecule has 0 bridgehead atoms. The van der Waals surface area contributed by atoms with Gasteiger partial charge in [-0.05, 0) is 18.6 Å². The normalized spacial score (nSPS) is 11.5. The van der Waals surface area contributed by atoms with E-state index in [2.05, 4.69) is 19.9 Å². The van der Waals surface area contributed by atoms with Crippen molar-refractivity contribution in [1.82, 2.24) is 3.75 Å². The summed E-state index contributed by atoms with van der Waals surface area (Å²) in [5.74, 6) is 0. The Bertz CT molecular complexity index is 375. The van der Waals surface area contributed by atoms with Gasteiger partial charge in [0.15, 0.2) is 0 Å². The molecule has 0 radical (unpaired) electrons. The first-order valence-corrected chi connectivity index (χ1v) is 5.53. The molecule has 0 aliphatic heterocycles. The van der Waals surface area contributed by atoms with Gasteiger partial charge in [0.05, 0.1) is 4.90 Å². The minimum atomic E-state index is -3.36. The SMILES string of the molecule is Cc1ccccc1S(=O)(=O)NBr. The van der Waals surface area contributed by atoms with Gasteiger partial charge in [0.1, 0.15) is 0 Å². The standard InChI is InChI=1S/C7H8BrNO2S/c1-6-4-2-3-5-7(6)12(10,11)9-8/h2-5,9H,1H3. The Kier molecular flexibility index (Phi) is 2.87. The number of aryl methyl sites for hydroxylation is 1. The van der Waals surface area contributed by atoms with Crippen LogP contribution < -0.4 is 3.75 Å². The van der Waals surface area contributed by atoms with Crippen molar-refractivity contribution in [2.75, 3.05) is 0 Å². The van der Waals surface area contributed by atoms with Crippen molar-refractivity contribution in [2.45, 2.75) is 11.8 Å². The van der Waals surface area contributed by atoms with E-state index in [-0.39, 0.29) is 0 Å². The van der Waals surface area contributed by atoms with Crippen LogP contribution in [0.5, 0.6) is 0 Å². The lowest BCUT2D eigenvalue weighted by Crippen LogP contribution is -2.13. The Morgan fingerprint density at radius 1 is 1.33 bits per heavy atom. The molecule has 0 aliphatic carbocycles. The van der Waals surface area contributed by atoms with Crippen LogP contribution in [0, 0.1) is 6.92 Å². The molecular formula is C7H8BrNO2S. The van der Waals surface area contributed by atoms with Crippen molar-refractivity contribution in [2.24, 2.45) is 0 Å². The van der Waals surface area contributed by atoms with Crippen LogP contribution in [0.3, 0.4) is 0 Å². The van der Waals surface area contributed by atoms with Crippen molar-refractivity contribution in [3.8, 4) is 0 Å². The summed E-state index contributed by atoms with van der Waals surface area (Å²) in [6.45, 7) is 1.75. The number of hydrogen-bond acceptors (Lipinski definition) is 2. The monoisotopic (exact) mass is 249 g/mol. The summed E-state index contributed by atoms with van der Waals surface area (Å²) in [6, 6.07) is 6.78. The van der Waals surface area contributed by atoms with E-state index in [1.54, 1.807) is 31.2 Å². The number of nitrogens with one attached hydrogen (secondary N) is 1. The van der Waals surface area contributed by atoms with Crippen molar-refractivity contribution >= 4 is 26.2 Å². The molecule has 5 heteroatoms. The summed E-state index contributed by atoms with van der Waals surface area (Å²) in [5, 5.41) is 0. The second-order valence-electron chi connectivity index (χ2n) is 2.35. The van der Waals surface area contributed by atoms with Crippen molar-refractivity contribution in [3.05, 3.63) is 29.8 Å². The summed E-state index contributed by atoms with van der Waals surface area (Å²) in [6.07, 6.45) is 0. The average molecular weight is 250 g/mol. The zero-order chi connectivity index (χ0) is 9.19. The smallest absolute Gasteiger partial charge is 0.206 e. The summed E-state index contributed by atoms with van der Waals surface area (Å²) >= 11 is 2.70. The van der Waals surface area contributed by atoms with Crippen LogP contribution in [0.4, 0.5) is 0 Å². The van der Waals surface area contributed by atoms with Crippen LogP contribution in [0.1, 0.15) is 5.56 Å². The molecule has 0 unspecified atom stereocenters. The Balaban J connectivity index is 3.30. The number of benzene rings is 1. The lowest BCUT2D eigenvalue weighted by molar-refractivity contribution is 0.594. The second-order valence-corrected chi connectivity index (χ2v) is 4.92. The van der Waals surface area contributed by atoms with E-state index in [1.165, 1.54) is 0 Å². The maximum atomic E-state index is 11.3. The molecule has 3 nitrogen and oxygen atoms in total. The van der Waals surface area contributed by atoms with Gasteiger partial charge in [-0.2, -0.15) is 0 Å². The van der Waals surface area contributed by atoms with E-state index >= 15 is 0 Å². The quantitative estimate of drug-likeness (QED) is 0.810. The topological polar surface area (TPSA) is 46.2 Å². The zero-order valence-electron chi connectivity index (χ0n) is 6.41. The number of halogens is 1. The first-order valence-electron chi connectivity index (χ1n) is 3.26. The van der Waals surface area contributed by atoms with Gasteiger partial charge < -0.3 is 0 Å². The summed E-state index contributed by atoms with van der Waals surface area (Å²) in [5.41, 5.74) is 0.726. The molecule has 0 heterocycles. The Morgan fingerprint density at radius 2 is 1.92 bits per heavy atom. The molecule has 0 saturated carbocycles. The van der Waals surface area contributed by atoms with Crippen molar-refractivity contribution in [1.29, 1.82) is 0 Å². The number of sulfonamides is 1. The third kappa shape index (κ3) is 1.85. The van der Waals surface area contributed by atoms with Gasteiger partial charge in [-0.1, -0.05) is 18.2 Å². The molecule has 0 atom stereocenters. The number of rotatable bonds is 2. The van der Waals surface area contributed by atoms with E-state index in [4.69, 9.17) is 0 Å². The predicted molar refractivity (Wildman–Crippen MR) is 50.4 cm³/mol. The van der Waals surface area contributed by atoms with E-state index < -0.39 is 10.0 Å². The Hall–Kier alpha value is -0.390. The maximum Gasteiger partial charge on any atom is 0.250 e. The highest BCUT2D eigenvalue weighted by molar-refractivity contribution is 9.09. The van der Waals surface area contributed by atoms with Crippen LogP contribution in [0.2, 0.25) is 0 Å². The fourth-order valence-electron chi connectivity index (χ4n) is 0.899. The van der Waals surface area contributed by atoms with Crippen molar-refractivity contribution in [3.63, 3.8) is 0 Å². The summed E-state index contributed by atoms with van der Waals surface area (Å²) in [4.78, 5) is 0.293. The van der Waals surface area contributed by atoms with Crippen LogP contribution >= 0.6 is 16.1 Å². The van der Waals surface area contributed by atoms with Gasteiger partial charge in [-0.15, -0.1) is 3.75 Å². The first kappa shape index (κ1) is 9.70. The molecule has 0 aliphatic rings. The lowest BCUT2D eigenvalue weighted by atomic mass is 10.2. The van der Waals surface area contributed by atoms with Gasteiger partial charge in [-0.3, -0.25) is 0 Å². The van der Waals surface area contributed by atoms with Gasteiger partial charge in [0.25, 0.3) is 0 Å². The third-order valence-corrected chi connectivity index (χ3v) is 4.00. The highest BCUT2D eigenvalue weighted by Crippen LogP contribution is 2.13. The van der Waals surface area contributed by atoms with E-state index in [9.17, 15) is 8.42 Å². The molecule has 1 rings (SSSR count). The van der Waals surface area contributed by atoms with Crippen LogP contribution in [0.25, 0.3) is 0 Å². The molecular weight excluding hydrogens is 242 g/mol. The highest BCUT2D eigenvalue weighted by Gasteiger charge is 2.13. The summed E-state index contributed by atoms with van der Waals surface area (Å²) < 4.78 is 24.6. The van der Waals surface area contributed by atoms with Gasteiger partial charge >= 0.3 is 0 Å². The summed E-state index contributed by atoms with van der Waals surface area (Å²) in [7, 11) is -3.36. The molecule has 0 fully saturated rings. The second kappa shape index (κ2) is 3.55. The molecule has 66 valence electrons. The highest BCUT2D eigenvalue weighted by atomic mass is 79.9. The largest absolute Gasteiger partial charge is 0.250 e. The van der Waals surface area contributed by atoms with Gasteiger partial charge in [0, 0.05) is 16.1 Å². The number of hydrogen-bond donors (Lipinski definition) is 1. The first-order chi connectivity index (χ1) is 5.58. The Morgan fingerprint density at radius 3 is 2.42 bits per heavy atom. The third-order valence-electron chi connectivity index (χ3n) is 1.48. The van der Waals surface area contributed by atoms with Gasteiger partial charge in [0.2, 0.25) is 10.0 Å². The van der Waals surface area contributed by atoms with Crippen LogP contribution in [-0.2, 0) is 10.0 Å². The van der Waals surface area contributed by atoms with Crippen LogP contribution in [0.15, 0.2) is 29.2 Å². The molecule has 0 spiro atoms.